The van der Waals surface area contributed by atoms with Gasteiger partial charge in [0.2, 0.25) is 0 Å². The van der Waals surface area contributed by atoms with E-state index in [-0.39, 0.29) is 24.5 Å². The molecule has 7 nitrogen and oxygen atoms in total. The Bertz CT molecular complexity index is 647. The number of nitrogens with zero attached hydrogens (tertiary/aromatic N) is 3. The Morgan fingerprint density at radius 1 is 1.48 bits per heavy atom. The summed E-state index contributed by atoms with van der Waals surface area (Å²) in [6, 6.07) is 3.04. The van der Waals surface area contributed by atoms with E-state index < -0.39 is 22.7 Å². The van der Waals surface area contributed by atoms with Gasteiger partial charge >= 0.3 is 5.69 Å². The summed E-state index contributed by atoms with van der Waals surface area (Å²) >= 11 is 0. The fraction of sp³-hybridized carbons (Fsp3) is 0.250. The van der Waals surface area contributed by atoms with E-state index in [1.807, 2.05) is 0 Å². The molecule has 0 amide bonds. The average molecular weight is 298 g/mol. The summed E-state index contributed by atoms with van der Waals surface area (Å²) in [7, 11) is 0. The van der Waals surface area contributed by atoms with Crippen LogP contribution in [0.3, 0.4) is 0 Å². The van der Waals surface area contributed by atoms with Crippen LogP contribution in [0.5, 0.6) is 0 Å². The predicted octanol–water partition coefficient (Wildman–Crippen LogP) is 1.54. The normalized spacial score (nSPS) is 12.1. The third-order valence-electron chi connectivity index (χ3n) is 2.69. The first-order valence-electron chi connectivity index (χ1n) is 5.99. The van der Waals surface area contributed by atoms with Crippen molar-refractivity contribution in [2.45, 2.75) is 12.6 Å². The Morgan fingerprint density at radius 2 is 2.24 bits per heavy atom. The van der Waals surface area contributed by atoms with Crippen LogP contribution in [0.15, 0.2) is 30.6 Å². The molecule has 0 fully saturated rings. The van der Waals surface area contributed by atoms with Crippen LogP contribution in [0, 0.1) is 21.7 Å². The largest absolute Gasteiger partial charge is 0.389 e. The average Bonchev–Trinajstić information content (AvgIpc) is 2.86. The molecule has 1 unspecified atom stereocenters. The third-order valence-corrected chi connectivity index (χ3v) is 2.69. The number of hydrogen-bond acceptors (Lipinski definition) is 5. The van der Waals surface area contributed by atoms with Crippen LogP contribution in [0.25, 0.3) is 0 Å². The van der Waals surface area contributed by atoms with E-state index >= 15 is 0 Å². The molecule has 0 radical (unpaired) electrons. The lowest BCUT2D eigenvalue weighted by molar-refractivity contribution is -0.385. The Labute approximate surface area is 118 Å². The molecule has 2 N–H and O–H groups in total. The lowest BCUT2D eigenvalue weighted by Crippen LogP contribution is -2.25. The van der Waals surface area contributed by atoms with Crippen molar-refractivity contribution in [3.05, 3.63) is 52.3 Å². The number of aliphatic hydroxyl groups excluding tert-OH is 1. The van der Waals surface area contributed by atoms with Gasteiger partial charge in [-0.15, -0.1) is 0 Å². The Kier molecular flexibility index (Phi) is 4.43. The van der Waals surface area contributed by atoms with Crippen molar-refractivity contribution < 1.29 is 18.8 Å². The highest BCUT2D eigenvalue weighted by atomic mass is 19.1. The first-order chi connectivity index (χ1) is 9.95. The molecular formula is C12H12F2N4O3. The second kappa shape index (κ2) is 6.27. The predicted molar refractivity (Wildman–Crippen MR) is 69.7 cm³/mol. The number of halogens is 2. The Morgan fingerprint density at radius 3 is 2.86 bits per heavy atom. The summed E-state index contributed by atoms with van der Waals surface area (Å²) in [6.07, 6.45) is 1.30. The van der Waals surface area contributed by atoms with E-state index in [0.717, 1.165) is 18.3 Å². The van der Waals surface area contributed by atoms with E-state index in [1.54, 1.807) is 0 Å². The zero-order valence-electron chi connectivity index (χ0n) is 10.7. The van der Waals surface area contributed by atoms with Gasteiger partial charge in [-0.3, -0.25) is 14.8 Å². The lowest BCUT2D eigenvalue weighted by Gasteiger charge is -2.13. The zero-order valence-corrected chi connectivity index (χ0v) is 10.7. The van der Waals surface area contributed by atoms with Crippen LogP contribution >= 0.6 is 0 Å². The van der Waals surface area contributed by atoms with Crippen molar-refractivity contribution in [2.75, 3.05) is 11.9 Å². The summed E-state index contributed by atoms with van der Waals surface area (Å²) in [5, 5.41) is 26.6. The van der Waals surface area contributed by atoms with Gasteiger partial charge in [-0.2, -0.15) is 5.10 Å². The molecule has 21 heavy (non-hydrogen) atoms. The maximum absolute atomic E-state index is 13.3. The standard InChI is InChI=1S/C12H12F2N4O3/c13-8-1-2-12(11(14)3-8)15-5-10(19)7-17-6-9(4-16-17)18(20)21/h1-4,6,10,15,19H,5,7H2. The summed E-state index contributed by atoms with van der Waals surface area (Å²) < 4.78 is 27.3. The zero-order chi connectivity index (χ0) is 15.4. The van der Waals surface area contributed by atoms with Crippen molar-refractivity contribution in [2.24, 2.45) is 0 Å². The van der Waals surface area contributed by atoms with Crippen LogP contribution in [-0.2, 0) is 6.54 Å². The van der Waals surface area contributed by atoms with Crippen molar-refractivity contribution in [1.29, 1.82) is 0 Å². The second-order valence-corrected chi connectivity index (χ2v) is 4.34. The van der Waals surface area contributed by atoms with Crippen LogP contribution in [-0.4, -0.2) is 32.5 Å². The monoisotopic (exact) mass is 298 g/mol. The Hall–Kier alpha value is -2.55. The summed E-state index contributed by atoms with van der Waals surface area (Å²) in [5.74, 6) is -1.46. The molecule has 0 saturated heterocycles. The van der Waals surface area contributed by atoms with Crippen LogP contribution in [0.4, 0.5) is 20.2 Å². The maximum Gasteiger partial charge on any atom is 0.306 e. The number of anilines is 1. The molecule has 0 bridgehead atoms. The molecule has 112 valence electrons. The minimum absolute atomic E-state index is 0.00362. The molecule has 0 spiro atoms. The van der Waals surface area contributed by atoms with Crippen LogP contribution < -0.4 is 5.32 Å². The van der Waals surface area contributed by atoms with E-state index in [2.05, 4.69) is 10.4 Å². The molecule has 0 aliphatic rings. The van der Waals surface area contributed by atoms with Crippen LogP contribution in [0.2, 0.25) is 0 Å². The molecular weight excluding hydrogens is 286 g/mol. The fourth-order valence-electron chi connectivity index (χ4n) is 1.69. The minimum atomic E-state index is -0.950. The molecule has 2 aromatic rings. The van der Waals surface area contributed by atoms with Crippen molar-refractivity contribution >= 4 is 11.4 Å². The van der Waals surface area contributed by atoms with Crippen molar-refractivity contribution in [3.8, 4) is 0 Å². The van der Waals surface area contributed by atoms with Gasteiger partial charge in [0.1, 0.15) is 24.0 Å². The topological polar surface area (TPSA) is 93.2 Å². The highest BCUT2D eigenvalue weighted by molar-refractivity contribution is 5.44. The summed E-state index contributed by atoms with van der Waals surface area (Å²) in [6.45, 7) is -0.0140. The quantitative estimate of drug-likeness (QED) is 0.623. The van der Waals surface area contributed by atoms with Crippen molar-refractivity contribution in [1.82, 2.24) is 9.78 Å². The number of rotatable bonds is 6. The van der Waals surface area contributed by atoms with E-state index in [4.69, 9.17) is 0 Å². The highest BCUT2D eigenvalue weighted by Gasteiger charge is 2.12. The number of nitro groups is 1. The van der Waals surface area contributed by atoms with E-state index in [1.165, 1.54) is 16.9 Å². The van der Waals surface area contributed by atoms with Gasteiger partial charge in [-0.05, 0) is 12.1 Å². The molecule has 1 heterocycles. The first kappa shape index (κ1) is 14.9. The van der Waals surface area contributed by atoms with Gasteiger partial charge < -0.3 is 10.4 Å². The fourth-order valence-corrected chi connectivity index (χ4v) is 1.69. The lowest BCUT2D eigenvalue weighted by atomic mass is 10.2. The molecule has 1 aromatic carbocycles. The number of hydrogen-bond donors (Lipinski definition) is 2. The smallest absolute Gasteiger partial charge is 0.306 e. The molecule has 2 rings (SSSR count). The number of aliphatic hydroxyl groups is 1. The molecule has 9 heteroatoms. The number of benzene rings is 1. The van der Waals surface area contributed by atoms with Gasteiger partial charge in [-0.1, -0.05) is 0 Å². The molecule has 0 aliphatic heterocycles. The van der Waals surface area contributed by atoms with Gasteiger partial charge in [0.15, 0.2) is 0 Å². The van der Waals surface area contributed by atoms with Gasteiger partial charge in [-0.25, -0.2) is 8.78 Å². The second-order valence-electron chi connectivity index (χ2n) is 4.34. The summed E-state index contributed by atoms with van der Waals surface area (Å²) in [5.41, 5.74) is -0.123. The van der Waals surface area contributed by atoms with Crippen LogP contribution in [0.1, 0.15) is 0 Å². The van der Waals surface area contributed by atoms with Gasteiger partial charge in [0.25, 0.3) is 0 Å². The maximum atomic E-state index is 13.3. The third kappa shape index (κ3) is 3.96. The highest BCUT2D eigenvalue weighted by Crippen LogP contribution is 2.15. The Balaban J connectivity index is 1.89. The number of aromatic nitrogens is 2. The first-order valence-corrected chi connectivity index (χ1v) is 5.99. The summed E-state index contributed by atoms with van der Waals surface area (Å²) in [4.78, 5) is 9.89. The van der Waals surface area contributed by atoms with Gasteiger partial charge in [0, 0.05) is 12.6 Å². The van der Waals surface area contributed by atoms with E-state index in [9.17, 15) is 24.0 Å². The molecule has 0 saturated carbocycles. The van der Waals surface area contributed by atoms with Crippen molar-refractivity contribution in [3.63, 3.8) is 0 Å². The number of nitrogens with one attached hydrogen (secondary N) is 1. The molecule has 1 aromatic heterocycles. The minimum Gasteiger partial charge on any atom is -0.389 e. The SMILES string of the molecule is O=[N+]([O-])c1cnn(CC(O)CNc2ccc(F)cc2F)c1. The molecule has 0 aliphatic carbocycles. The van der Waals surface area contributed by atoms with E-state index in [0.29, 0.717) is 0 Å². The molecule has 1 atom stereocenters. The van der Waals surface area contributed by atoms with Gasteiger partial charge in [0.05, 0.1) is 23.3 Å².